The van der Waals surface area contributed by atoms with Crippen LogP contribution in [0.3, 0.4) is 0 Å². The summed E-state index contributed by atoms with van der Waals surface area (Å²) in [7, 11) is -2.28. The number of nitrogens with zero attached hydrogens (tertiary/aromatic N) is 2. The van der Waals surface area contributed by atoms with Gasteiger partial charge in [0.05, 0.1) is 10.5 Å². The molecule has 1 aromatic rings. The van der Waals surface area contributed by atoms with Gasteiger partial charge in [0.2, 0.25) is 10.0 Å². The Balaban J connectivity index is 2.14. The molecule has 0 saturated carbocycles. The van der Waals surface area contributed by atoms with E-state index in [0.29, 0.717) is 0 Å². The van der Waals surface area contributed by atoms with Gasteiger partial charge in [-0.2, -0.15) is 17.5 Å². The van der Waals surface area contributed by atoms with Crippen LogP contribution in [0.25, 0.3) is 0 Å². The second kappa shape index (κ2) is 6.78. The second-order valence-corrected chi connectivity index (χ2v) is 7.71. The number of piperidine rings is 1. The van der Waals surface area contributed by atoms with Crippen LogP contribution in [0.1, 0.15) is 25.3 Å². The van der Waals surface area contributed by atoms with Crippen molar-refractivity contribution in [3.05, 3.63) is 29.8 Å². The molecule has 1 aliphatic rings. The van der Waals surface area contributed by atoms with Gasteiger partial charge in [0.15, 0.2) is 0 Å². The van der Waals surface area contributed by atoms with Crippen LogP contribution in [-0.2, 0) is 16.2 Å². The number of halogens is 3. The van der Waals surface area contributed by atoms with Crippen molar-refractivity contribution in [1.29, 1.82) is 0 Å². The van der Waals surface area contributed by atoms with E-state index < -0.39 is 21.8 Å². The molecule has 0 spiro atoms. The Bertz CT molecular complexity index is 621. The summed E-state index contributed by atoms with van der Waals surface area (Å²) >= 11 is 0. The zero-order valence-electron chi connectivity index (χ0n) is 13.2. The van der Waals surface area contributed by atoms with Crippen molar-refractivity contribution in [2.75, 3.05) is 26.7 Å². The SMILES string of the molecule is CCN1CCC(N(C)S(=O)(=O)c2ccc(C(F)(F)F)cc2)CC1. The highest BCUT2D eigenvalue weighted by Gasteiger charge is 2.33. The van der Waals surface area contributed by atoms with Crippen molar-refractivity contribution in [2.45, 2.75) is 36.9 Å². The first-order chi connectivity index (χ1) is 10.7. The number of hydrogen-bond donors (Lipinski definition) is 0. The Labute approximate surface area is 134 Å². The van der Waals surface area contributed by atoms with Crippen molar-refractivity contribution < 1.29 is 21.6 Å². The number of likely N-dealkylation sites (tertiary alicyclic amines) is 1. The molecule has 0 atom stereocenters. The first-order valence-electron chi connectivity index (χ1n) is 7.54. The van der Waals surface area contributed by atoms with E-state index >= 15 is 0 Å². The number of rotatable bonds is 4. The van der Waals surface area contributed by atoms with Gasteiger partial charge in [-0.25, -0.2) is 8.42 Å². The summed E-state index contributed by atoms with van der Waals surface area (Å²) < 4.78 is 64.2. The summed E-state index contributed by atoms with van der Waals surface area (Å²) in [6.07, 6.45) is -3.02. The molecule has 0 N–H and O–H groups in total. The van der Waals surface area contributed by atoms with Crippen LogP contribution in [0.2, 0.25) is 0 Å². The van der Waals surface area contributed by atoms with E-state index in [0.717, 1.165) is 56.7 Å². The van der Waals surface area contributed by atoms with Crippen LogP contribution in [0.15, 0.2) is 29.2 Å². The molecule has 0 aliphatic carbocycles. The van der Waals surface area contributed by atoms with Gasteiger partial charge in [-0.15, -0.1) is 0 Å². The van der Waals surface area contributed by atoms with Crippen LogP contribution >= 0.6 is 0 Å². The van der Waals surface area contributed by atoms with E-state index in [4.69, 9.17) is 0 Å². The molecule has 8 heteroatoms. The molecule has 0 unspecified atom stereocenters. The summed E-state index contributed by atoms with van der Waals surface area (Å²) in [6, 6.07) is 3.54. The normalized spacial score (nSPS) is 18.5. The quantitative estimate of drug-likeness (QED) is 0.838. The van der Waals surface area contributed by atoms with Crippen molar-refractivity contribution in [2.24, 2.45) is 0 Å². The van der Waals surface area contributed by atoms with Gasteiger partial charge < -0.3 is 4.90 Å². The lowest BCUT2D eigenvalue weighted by Gasteiger charge is -2.35. The molecule has 1 fully saturated rings. The van der Waals surface area contributed by atoms with Gasteiger partial charge in [0.25, 0.3) is 0 Å². The highest BCUT2D eigenvalue weighted by Crippen LogP contribution is 2.30. The van der Waals surface area contributed by atoms with Gasteiger partial charge in [0, 0.05) is 13.1 Å². The van der Waals surface area contributed by atoms with Crippen LogP contribution < -0.4 is 0 Å². The molecule has 130 valence electrons. The van der Waals surface area contributed by atoms with Crippen molar-refractivity contribution in [3.8, 4) is 0 Å². The van der Waals surface area contributed by atoms with Crippen molar-refractivity contribution >= 4 is 10.0 Å². The Hall–Kier alpha value is -1.12. The van der Waals surface area contributed by atoms with Crippen LogP contribution in [0, 0.1) is 0 Å². The zero-order chi connectivity index (χ0) is 17.3. The molecule has 0 radical (unpaired) electrons. The minimum Gasteiger partial charge on any atom is -0.303 e. The molecule has 4 nitrogen and oxygen atoms in total. The highest BCUT2D eigenvalue weighted by atomic mass is 32.2. The minimum absolute atomic E-state index is 0.106. The average Bonchev–Trinajstić information content (AvgIpc) is 2.53. The lowest BCUT2D eigenvalue weighted by Crippen LogP contribution is -2.45. The number of sulfonamides is 1. The topological polar surface area (TPSA) is 40.6 Å². The smallest absolute Gasteiger partial charge is 0.303 e. The van der Waals surface area contributed by atoms with Gasteiger partial charge in [-0.05, 0) is 56.7 Å². The predicted octanol–water partition coefficient (Wildman–Crippen LogP) is 2.81. The Morgan fingerprint density at radius 2 is 1.70 bits per heavy atom. The van der Waals surface area contributed by atoms with Gasteiger partial charge in [0.1, 0.15) is 0 Å². The fourth-order valence-electron chi connectivity index (χ4n) is 2.78. The number of benzene rings is 1. The third-order valence-electron chi connectivity index (χ3n) is 4.38. The maximum absolute atomic E-state index is 12.6. The monoisotopic (exact) mass is 350 g/mol. The minimum atomic E-state index is -4.47. The zero-order valence-corrected chi connectivity index (χ0v) is 14.0. The molecule has 1 aromatic carbocycles. The summed E-state index contributed by atoms with van der Waals surface area (Å²) in [6.45, 7) is 4.65. The molecule has 1 aliphatic heterocycles. The fourth-order valence-corrected chi connectivity index (χ4v) is 4.19. The highest BCUT2D eigenvalue weighted by molar-refractivity contribution is 7.89. The van der Waals surface area contributed by atoms with Crippen LogP contribution in [-0.4, -0.2) is 50.3 Å². The largest absolute Gasteiger partial charge is 0.416 e. The molecular formula is C15H21F3N2O2S. The van der Waals surface area contributed by atoms with E-state index in [9.17, 15) is 21.6 Å². The average molecular weight is 350 g/mol. The number of alkyl halides is 3. The Kier molecular flexibility index (Phi) is 5.37. The standard InChI is InChI=1S/C15H21F3N2O2S/c1-3-20-10-8-13(9-11-20)19(2)23(21,22)14-6-4-12(5-7-14)15(16,17)18/h4-7,13H,3,8-11H2,1-2H3. The first kappa shape index (κ1) is 18.2. The molecule has 1 saturated heterocycles. The van der Waals surface area contributed by atoms with E-state index in [1.165, 1.54) is 11.4 Å². The van der Waals surface area contributed by atoms with E-state index in [1.54, 1.807) is 0 Å². The molecule has 0 amide bonds. The van der Waals surface area contributed by atoms with Crippen molar-refractivity contribution in [3.63, 3.8) is 0 Å². The van der Waals surface area contributed by atoms with Gasteiger partial charge in [-0.3, -0.25) is 0 Å². The van der Waals surface area contributed by atoms with Crippen LogP contribution in [0.5, 0.6) is 0 Å². The summed E-state index contributed by atoms with van der Waals surface area (Å²) in [5.41, 5.74) is -0.852. The maximum atomic E-state index is 12.6. The molecular weight excluding hydrogens is 329 g/mol. The lowest BCUT2D eigenvalue weighted by atomic mass is 10.1. The first-order valence-corrected chi connectivity index (χ1v) is 8.98. The molecule has 0 aromatic heterocycles. The summed E-state index contributed by atoms with van der Waals surface area (Å²) in [5.74, 6) is 0. The van der Waals surface area contributed by atoms with Gasteiger partial charge >= 0.3 is 6.18 Å². The predicted molar refractivity (Wildman–Crippen MR) is 81.5 cm³/mol. The maximum Gasteiger partial charge on any atom is 0.416 e. The lowest BCUT2D eigenvalue weighted by molar-refractivity contribution is -0.137. The summed E-state index contributed by atoms with van der Waals surface area (Å²) in [5, 5.41) is 0. The van der Waals surface area contributed by atoms with Gasteiger partial charge in [-0.1, -0.05) is 6.92 Å². The van der Waals surface area contributed by atoms with E-state index in [2.05, 4.69) is 11.8 Å². The summed E-state index contributed by atoms with van der Waals surface area (Å²) in [4.78, 5) is 2.14. The molecule has 1 heterocycles. The number of hydrogen-bond acceptors (Lipinski definition) is 3. The van der Waals surface area contributed by atoms with Crippen molar-refractivity contribution in [1.82, 2.24) is 9.21 Å². The fraction of sp³-hybridized carbons (Fsp3) is 0.600. The second-order valence-electron chi connectivity index (χ2n) is 5.71. The van der Waals surface area contributed by atoms with Crippen LogP contribution in [0.4, 0.5) is 13.2 Å². The Morgan fingerprint density at radius 1 is 1.17 bits per heavy atom. The van der Waals surface area contributed by atoms with E-state index in [1.807, 2.05) is 0 Å². The molecule has 2 rings (SSSR count). The Morgan fingerprint density at radius 3 is 2.13 bits per heavy atom. The molecule has 0 bridgehead atoms. The molecule has 23 heavy (non-hydrogen) atoms. The van der Waals surface area contributed by atoms with E-state index in [-0.39, 0.29) is 10.9 Å². The third kappa shape index (κ3) is 4.05. The third-order valence-corrected chi connectivity index (χ3v) is 6.30.